The second kappa shape index (κ2) is 9.79. The molecule has 35 heavy (non-hydrogen) atoms. The number of amides is 3. The molecule has 5 rings (SSSR count). The van der Waals surface area contributed by atoms with E-state index in [0.717, 1.165) is 29.6 Å². The van der Waals surface area contributed by atoms with Crippen LogP contribution in [0.4, 0.5) is 10.8 Å². The lowest BCUT2D eigenvalue weighted by atomic mass is 10.1. The van der Waals surface area contributed by atoms with Crippen molar-refractivity contribution in [2.45, 2.75) is 39.2 Å². The first-order chi connectivity index (χ1) is 17.0. The van der Waals surface area contributed by atoms with Crippen LogP contribution in [0.15, 0.2) is 61.2 Å². The summed E-state index contributed by atoms with van der Waals surface area (Å²) in [6, 6.07) is 12.8. The number of imide groups is 1. The summed E-state index contributed by atoms with van der Waals surface area (Å²) in [5, 5.41) is 0.651. The number of imidazole rings is 1. The van der Waals surface area contributed by atoms with Gasteiger partial charge in [-0.15, -0.1) is 0 Å². The van der Waals surface area contributed by atoms with Gasteiger partial charge in [0.05, 0.1) is 22.2 Å². The summed E-state index contributed by atoms with van der Waals surface area (Å²) in [5.74, 6) is -0.594. The lowest BCUT2D eigenvalue weighted by Crippen LogP contribution is -2.32. The van der Waals surface area contributed by atoms with Gasteiger partial charge in [-0.2, -0.15) is 0 Å². The number of aromatic nitrogens is 3. The molecule has 1 fully saturated rings. The molecule has 0 radical (unpaired) electrons. The Bertz CT molecular complexity index is 1360. The number of hydrogen-bond acceptors (Lipinski definition) is 6. The predicted molar refractivity (Wildman–Crippen MR) is 136 cm³/mol. The number of hydrogen-bond donors (Lipinski definition) is 0. The van der Waals surface area contributed by atoms with Crippen LogP contribution in [0.1, 0.15) is 42.1 Å². The van der Waals surface area contributed by atoms with Gasteiger partial charge >= 0.3 is 0 Å². The van der Waals surface area contributed by atoms with Crippen molar-refractivity contribution in [3.8, 4) is 0 Å². The van der Waals surface area contributed by atoms with E-state index >= 15 is 0 Å². The van der Waals surface area contributed by atoms with E-state index in [1.165, 1.54) is 21.8 Å². The smallest absolute Gasteiger partial charge is 0.260 e. The summed E-state index contributed by atoms with van der Waals surface area (Å²) in [7, 11) is 0. The fourth-order valence-corrected chi connectivity index (χ4v) is 5.23. The van der Waals surface area contributed by atoms with Crippen molar-refractivity contribution in [3.05, 3.63) is 72.3 Å². The summed E-state index contributed by atoms with van der Waals surface area (Å²) in [4.78, 5) is 49.5. The lowest BCUT2D eigenvalue weighted by Gasteiger charge is -2.21. The van der Waals surface area contributed by atoms with E-state index in [1.807, 2.05) is 16.8 Å². The standard InChI is InChI=1S/C26H25N5O3S/c1-2-18-4-9-21-22(16-18)35-26(28-21)30(14-3-13-29-15-12-27-17-29)25(34)19-5-7-20(8-6-19)31-23(32)10-11-24(31)33/h4-9,12,15-17H,2-3,10-11,13-14H2,1H3. The van der Waals surface area contributed by atoms with Gasteiger partial charge in [0, 0.05) is 43.9 Å². The second-order valence-corrected chi connectivity index (χ2v) is 9.44. The van der Waals surface area contributed by atoms with Gasteiger partial charge in [0.25, 0.3) is 5.91 Å². The van der Waals surface area contributed by atoms with E-state index in [9.17, 15) is 14.4 Å². The predicted octanol–water partition coefficient (Wildman–Crippen LogP) is 4.45. The number of fused-ring (bicyclic) bond motifs is 1. The number of carbonyl (C=O) groups is 3. The maximum atomic E-state index is 13.6. The topological polar surface area (TPSA) is 88.4 Å². The number of rotatable bonds is 8. The molecule has 4 aromatic rings. The van der Waals surface area contributed by atoms with Crippen molar-refractivity contribution < 1.29 is 14.4 Å². The van der Waals surface area contributed by atoms with Gasteiger partial charge in [-0.05, 0) is 54.8 Å². The van der Waals surface area contributed by atoms with Gasteiger partial charge in [0.15, 0.2) is 5.13 Å². The van der Waals surface area contributed by atoms with E-state index in [0.29, 0.717) is 22.9 Å². The molecule has 9 heteroatoms. The molecule has 3 amide bonds. The molecule has 2 aromatic heterocycles. The quantitative estimate of drug-likeness (QED) is 0.343. The monoisotopic (exact) mass is 487 g/mol. The minimum atomic E-state index is -0.212. The van der Waals surface area contributed by atoms with E-state index in [4.69, 9.17) is 4.98 Å². The number of benzene rings is 2. The van der Waals surface area contributed by atoms with Crippen molar-refractivity contribution in [3.63, 3.8) is 0 Å². The zero-order valence-electron chi connectivity index (χ0n) is 19.4. The maximum absolute atomic E-state index is 13.6. The molecular weight excluding hydrogens is 462 g/mol. The number of thiazole rings is 1. The average Bonchev–Trinajstić information content (AvgIpc) is 3.61. The Morgan fingerprint density at radius 2 is 1.86 bits per heavy atom. The summed E-state index contributed by atoms with van der Waals surface area (Å²) < 4.78 is 3.03. The van der Waals surface area contributed by atoms with Crippen LogP contribution in [0.3, 0.4) is 0 Å². The molecule has 0 spiro atoms. The van der Waals surface area contributed by atoms with E-state index in [1.54, 1.807) is 41.7 Å². The zero-order valence-corrected chi connectivity index (χ0v) is 20.2. The number of nitrogens with zero attached hydrogens (tertiary/aromatic N) is 5. The zero-order chi connectivity index (χ0) is 24.4. The van der Waals surface area contributed by atoms with Crippen molar-refractivity contribution >= 4 is 50.1 Å². The molecule has 1 aliphatic heterocycles. The summed E-state index contributed by atoms with van der Waals surface area (Å²) in [6.07, 6.45) is 7.51. The molecule has 1 aliphatic rings. The SMILES string of the molecule is CCc1ccc2nc(N(CCCn3ccnc3)C(=O)c3ccc(N4C(=O)CCC4=O)cc3)sc2c1. The molecule has 1 saturated heterocycles. The highest BCUT2D eigenvalue weighted by atomic mass is 32.1. The fraction of sp³-hybridized carbons (Fsp3) is 0.269. The minimum absolute atomic E-state index is 0.170. The highest BCUT2D eigenvalue weighted by Gasteiger charge is 2.30. The van der Waals surface area contributed by atoms with Gasteiger partial charge in [0.1, 0.15) is 0 Å². The Kier molecular flexibility index (Phi) is 6.41. The normalized spacial score (nSPS) is 13.7. The van der Waals surface area contributed by atoms with Crippen molar-refractivity contribution in [2.24, 2.45) is 0 Å². The Hall–Kier alpha value is -3.85. The van der Waals surface area contributed by atoms with Gasteiger partial charge in [0.2, 0.25) is 11.8 Å². The van der Waals surface area contributed by atoms with Gasteiger partial charge in [-0.25, -0.2) is 9.97 Å². The minimum Gasteiger partial charge on any atom is -0.337 e. The van der Waals surface area contributed by atoms with Crippen LogP contribution in [0.5, 0.6) is 0 Å². The number of aryl methyl sites for hydroxylation is 2. The van der Waals surface area contributed by atoms with Crippen LogP contribution in [0, 0.1) is 0 Å². The Morgan fingerprint density at radius 1 is 1.09 bits per heavy atom. The first-order valence-corrected chi connectivity index (χ1v) is 12.5. The second-order valence-electron chi connectivity index (χ2n) is 8.43. The van der Waals surface area contributed by atoms with E-state index in [-0.39, 0.29) is 30.6 Å². The van der Waals surface area contributed by atoms with Crippen LogP contribution < -0.4 is 9.80 Å². The van der Waals surface area contributed by atoms with Crippen molar-refractivity contribution in [1.82, 2.24) is 14.5 Å². The maximum Gasteiger partial charge on any atom is 0.260 e. The molecule has 0 atom stereocenters. The Balaban J connectivity index is 1.42. The van der Waals surface area contributed by atoms with Gasteiger partial charge in [-0.1, -0.05) is 24.3 Å². The highest BCUT2D eigenvalue weighted by molar-refractivity contribution is 7.22. The third kappa shape index (κ3) is 4.72. The van der Waals surface area contributed by atoms with Gasteiger partial charge in [-0.3, -0.25) is 24.2 Å². The molecule has 0 bridgehead atoms. The molecule has 0 saturated carbocycles. The molecule has 0 N–H and O–H groups in total. The fourth-order valence-electron chi connectivity index (χ4n) is 4.18. The third-order valence-electron chi connectivity index (χ3n) is 6.11. The van der Waals surface area contributed by atoms with Crippen LogP contribution in [-0.2, 0) is 22.6 Å². The summed E-state index contributed by atoms with van der Waals surface area (Å²) >= 11 is 1.51. The van der Waals surface area contributed by atoms with Crippen molar-refractivity contribution in [1.29, 1.82) is 0 Å². The Morgan fingerprint density at radius 3 is 2.54 bits per heavy atom. The van der Waals surface area contributed by atoms with Gasteiger partial charge < -0.3 is 4.57 Å². The molecule has 0 unspecified atom stereocenters. The average molecular weight is 488 g/mol. The lowest BCUT2D eigenvalue weighted by molar-refractivity contribution is -0.121. The first kappa shape index (κ1) is 22.9. The number of carbonyl (C=O) groups excluding carboxylic acids is 3. The molecule has 2 aromatic carbocycles. The van der Waals surface area contributed by atoms with E-state index < -0.39 is 0 Å². The summed E-state index contributed by atoms with van der Waals surface area (Å²) in [5.41, 5.74) is 3.07. The third-order valence-corrected chi connectivity index (χ3v) is 7.15. The van der Waals surface area contributed by atoms with Crippen LogP contribution >= 0.6 is 11.3 Å². The highest BCUT2D eigenvalue weighted by Crippen LogP contribution is 2.31. The molecule has 0 aliphatic carbocycles. The molecule has 8 nitrogen and oxygen atoms in total. The van der Waals surface area contributed by atoms with E-state index in [2.05, 4.69) is 24.0 Å². The summed E-state index contributed by atoms with van der Waals surface area (Å²) in [6.45, 7) is 3.33. The molecule has 3 heterocycles. The molecular formula is C26H25N5O3S. The van der Waals surface area contributed by atoms with Crippen molar-refractivity contribution in [2.75, 3.05) is 16.3 Å². The van der Waals surface area contributed by atoms with Crippen LogP contribution in [-0.4, -0.2) is 38.8 Å². The largest absolute Gasteiger partial charge is 0.337 e. The molecule has 178 valence electrons. The number of anilines is 2. The first-order valence-electron chi connectivity index (χ1n) is 11.7. The van der Waals surface area contributed by atoms with Crippen LogP contribution in [0.25, 0.3) is 10.2 Å². The van der Waals surface area contributed by atoms with Crippen LogP contribution in [0.2, 0.25) is 0 Å². The Labute approximate surface area is 206 Å².